The predicted molar refractivity (Wildman–Crippen MR) is 84.0 cm³/mol. The van der Waals surface area contributed by atoms with Gasteiger partial charge in [-0.2, -0.15) is 0 Å². The van der Waals surface area contributed by atoms with Crippen LogP contribution in [0.25, 0.3) is 10.9 Å². The van der Waals surface area contributed by atoms with Crippen molar-refractivity contribution in [3.8, 4) is 0 Å². The molecule has 0 unspecified atom stereocenters. The molecule has 3 nitrogen and oxygen atoms in total. The first-order valence-corrected chi connectivity index (χ1v) is 7.14. The van der Waals surface area contributed by atoms with Crippen LogP contribution in [0.1, 0.15) is 11.3 Å². The third kappa shape index (κ3) is 2.39. The molecule has 4 heteroatoms. The van der Waals surface area contributed by atoms with Crippen LogP contribution in [-0.4, -0.2) is 9.55 Å². The SMILES string of the molecule is Cc1cc(Cn2cccc(Br)c2=O)c2ccccc2n1. The van der Waals surface area contributed by atoms with Crippen LogP contribution < -0.4 is 5.56 Å². The number of fused-ring (bicyclic) bond motifs is 1. The smallest absolute Gasteiger partial charge is 0.265 e. The van der Waals surface area contributed by atoms with Crippen LogP contribution in [0, 0.1) is 6.92 Å². The van der Waals surface area contributed by atoms with E-state index in [-0.39, 0.29) is 5.56 Å². The van der Waals surface area contributed by atoms with Crippen molar-refractivity contribution in [1.29, 1.82) is 0 Å². The summed E-state index contributed by atoms with van der Waals surface area (Å²) in [5, 5.41) is 1.09. The van der Waals surface area contributed by atoms with Gasteiger partial charge in [-0.25, -0.2) is 0 Å². The fourth-order valence-corrected chi connectivity index (χ4v) is 2.72. The number of nitrogens with zero attached hydrogens (tertiary/aromatic N) is 2. The van der Waals surface area contributed by atoms with Gasteiger partial charge in [0.05, 0.1) is 16.5 Å². The summed E-state index contributed by atoms with van der Waals surface area (Å²) in [7, 11) is 0. The Balaban J connectivity index is 2.15. The number of para-hydroxylation sites is 1. The summed E-state index contributed by atoms with van der Waals surface area (Å²) in [5.41, 5.74) is 3.01. The molecule has 0 fully saturated rings. The number of rotatable bonds is 2. The van der Waals surface area contributed by atoms with Crippen LogP contribution in [0.15, 0.2) is 57.9 Å². The molecule has 0 radical (unpaired) electrons. The summed E-state index contributed by atoms with van der Waals surface area (Å²) in [6, 6.07) is 13.7. The maximum absolute atomic E-state index is 12.1. The first-order valence-electron chi connectivity index (χ1n) is 6.35. The zero-order chi connectivity index (χ0) is 14.1. The first kappa shape index (κ1) is 13.1. The largest absolute Gasteiger partial charge is 0.310 e. The average Bonchev–Trinajstić information content (AvgIpc) is 2.43. The summed E-state index contributed by atoms with van der Waals surface area (Å²) < 4.78 is 2.28. The Morgan fingerprint density at radius 2 is 2.00 bits per heavy atom. The lowest BCUT2D eigenvalue weighted by molar-refractivity contribution is 0.758. The second-order valence-corrected chi connectivity index (χ2v) is 5.58. The zero-order valence-corrected chi connectivity index (χ0v) is 12.6. The van der Waals surface area contributed by atoms with Crippen molar-refractivity contribution in [2.24, 2.45) is 0 Å². The van der Waals surface area contributed by atoms with Crippen molar-refractivity contribution in [1.82, 2.24) is 9.55 Å². The Bertz CT molecular complexity index is 839. The van der Waals surface area contributed by atoms with E-state index < -0.39 is 0 Å². The lowest BCUT2D eigenvalue weighted by atomic mass is 10.1. The van der Waals surface area contributed by atoms with E-state index in [9.17, 15) is 4.79 Å². The lowest BCUT2D eigenvalue weighted by Crippen LogP contribution is -2.20. The quantitative estimate of drug-likeness (QED) is 0.721. The Morgan fingerprint density at radius 1 is 1.20 bits per heavy atom. The van der Waals surface area contributed by atoms with E-state index in [1.54, 1.807) is 16.8 Å². The lowest BCUT2D eigenvalue weighted by Gasteiger charge is -2.10. The van der Waals surface area contributed by atoms with E-state index in [0.717, 1.165) is 22.2 Å². The normalized spacial score (nSPS) is 10.9. The molecule has 3 rings (SSSR count). The van der Waals surface area contributed by atoms with Gasteiger partial charge >= 0.3 is 0 Å². The molecule has 3 aromatic rings. The van der Waals surface area contributed by atoms with Crippen LogP contribution in [0.3, 0.4) is 0 Å². The number of pyridine rings is 2. The van der Waals surface area contributed by atoms with E-state index >= 15 is 0 Å². The number of aromatic nitrogens is 2. The predicted octanol–water partition coefficient (Wildman–Crippen LogP) is 3.52. The van der Waals surface area contributed by atoms with Gasteiger partial charge in [-0.05, 0) is 52.7 Å². The van der Waals surface area contributed by atoms with Gasteiger partial charge in [0.1, 0.15) is 0 Å². The molecule has 0 saturated heterocycles. The highest BCUT2D eigenvalue weighted by atomic mass is 79.9. The molecule has 0 aliphatic carbocycles. The first-order chi connectivity index (χ1) is 9.65. The van der Waals surface area contributed by atoms with Gasteiger partial charge in [0.15, 0.2) is 0 Å². The number of benzene rings is 1. The minimum atomic E-state index is -0.0222. The Labute approximate surface area is 125 Å². The fraction of sp³-hybridized carbons (Fsp3) is 0.125. The van der Waals surface area contributed by atoms with Gasteiger partial charge in [-0.15, -0.1) is 0 Å². The highest BCUT2D eigenvalue weighted by Crippen LogP contribution is 2.19. The van der Waals surface area contributed by atoms with Crippen molar-refractivity contribution >= 4 is 26.8 Å². The Hall–Kier alpha value is -1.94. The van der Waals surface area contributed by atoms with E-state index in [1.807, 2.05) is 43.3 Å². The maximum Gasteiger partial charge on any atom is 0.265 e. The number of aryl methyl sites for hydroxylation is 1. The van der Waals surface area contributed by atoms with Crippen LogP contribution in [0.4, 0.5) is 0 Å². The molecular formula is C16H13BrN2O. The molecule has 0 saturated carbocycles. The van der Waals surface area contributed by atoms with Crippen LogP contribution >= 0.6 is 15.9 Å². The molecular weight excluding hydrogens is 316 g/mol. The standard InChI is InChI=1S/C16H13BrN2O/c1-11-9-12(13-5-2-3-7-15(13)18-11)10-19-8-4-6-14(17)16(19)20/h2-9H,10H2,1H3. The second-order valence-electron chi connectivity index (χ2n) is 4.73. The maximum atomic E-state index is 12.1. The molecule has 100 valence electrons. The summed E-state index contributed by atoms with van der Waals surface area (Å²) in [6.45, 7) is 2.52. The summed E-state index contributed by atoms with van der Waals surface area (Å²) >= 11 is 3.28. The van der Waals surface area contributed by atoms with Gasteiger partial charge in [-0.3, -0.25) is 9.78 Å². The van der Waals surface area contributed by atoms with Crippen molar-refractivity contribution < 1.29 is 0 Å². The monoisotopic (exact) mass is 328 g/mol. The van der Waals surface area contributed by atoms with Gasteiger partial charge in [-0.1, -0.05) is 18.2 Å². The van der Waals surface area contributed by atoms with E-state index in [2.05, 4.69) is 20.9 Å². The van der Waals surface area contributed by atoms with E-state index in [0.29, 0.717) is 11.0 Å². The van der Waals surface area contributed by atoms with Crippen molar-refractivity contribution in [3.05, 3.63) is 74.7 Å². The van der Waals surface area contributed by atoms with Crippen molar-refractivity contribution in [3.63, 3.8) is 0 Å². The molecule has 0 N–H and O–H groups in total. The van der Waals surface area contributed by atoms with Crippen LogP contribution in [0.2, 0.25) is 0 Å². The molecule has 0 bridgehead atoms. The highest BCUT2D eigenvalue weighted by Gasteiger charge is 2.06. The Kier molecular flexibility index (Phi) is 3.40. The molecule has 0 aliphatic rings. The summed E-state index contributed by atoms with van der Waals surface area (Å²) in [4.78, 5) is 16.6. The number of hydrogen-bond donors (Lipinski definition) is 0. The molecule has 20 heavy (non-hydrogen) atoms. The van der Waals surface area contributed by atoms with Crippen LogP contribution in [0.5, 0.6) is 0 Å². The Morgan fingerprint density at radius 3 is 2.85 bits per heavy atom. The third-order valence-corrected chi connectivity index (χ3v) is 3.85. The zero-order valence-electron chi connectivity index (χ0n) is 11.0. The van der Waals surface area contributed by atoms with Crippen molar-refractivity contribution in [2.45, 2.75) is 13.5 Å². The molecule has 1 aromatic carbocycles. The summed E-state index contributed by atoms with van der Waals surface area (Å²) in [5.74, 6) is 0. The van der Waals surface area contributed by atoms with Gasteiger partial charge in [0.25, 0.3) is 5.56 Å². The molecule has 0 amide bonds. The third-order valence-electron chi connectivity index (χ3n) is 3.24. The molecule has 0 atom stereocenters. The average molecular weight is 329 g/mol. The number of halogens is 1. The second kappa shape index (κ2) is 5.21. The fourth-order valence-electron chi connectivity index (χ4n) is 2.34. The van der Waals surface area contributed by atoms with Gasteiger partial charge in [0.2, 0.25) is 0 Å². The minimum Gasteiger partial charge on any atom is -0.310 e. The van der Waals surface area contributed by atoms with Gasteiger partial charge < -0.3 is 4.57 Å². The minimum absolute atomic E-state index is 0.0222. The molecule has 2 aromatic heterocycles. The van der Waals surface area contributed by atoms with E-state index in [1.165, 1.54) is 0 Å². The number of hydrogen-bond acceptors (Lipinski definition) is 2. The van der Waals surface area contributed by atoms with Crippen LogP contribution in [-0.2, 0) is 6.54 Å². The molecule has 0 spiro atoms. The summed E-state index contributed by atoms with van der Waals surface area (Å²) in [6.07, 6.45) is 1.80. The topological polar surface area (TPSA) is 34.9 Å². The molecule has 0 aliphatic heterocycles. The van der Waals surface area contributed by atoms with E-state index in [4.69, 9.17) is 0 Å². The highest BCUT2D eigenvalue weighted by molar-refractivity contribution is 9.10. The van der Waals surface area contributed by atoms with Crippen molar-refractivity contribution in [2.75, 3.05) is 0 Å². The van der Waals surface area contributed by atoms with Gasteiger partial charge in [0, 0.05) is 17.3 Å². The molecule has 2 heterocycles.